The topological polar surface area (TPSA) is 77.9 Å². The number of carboxylic acids is 1. The molecule has 1 heterocycles. The summed E-state index contributed by atoms with van der Waals surface area (Å²) in [6, 6.07) is 12.3. The third kappa shape index (κ3) is 3.79. The molecule has 0 aliphatic rings. The summed E-state index contributed by atoms with van der Waals surface area (Å²) in [4.78, 5) is 16.5. The molecule has 0 unspecified atom stereocenters. The summed E-state index contributed by atoms with van der Waals surface area (Å²) < 4.78 is 16.4. The van der Waals surface area contributed by atoms with Crippen LogP contribution in [0.2, 0.25) is 0 Å². The fourth-order valence-electron chi connectivity index (χ4n) is 2.86. The summed E-state index contributed by atoms with van der Waals surface area (Å²) in [7, 11) is 1.59. The summed E-state index contributed by atoms with van der Waals surface area (Å²) >= 11 is 0. The van der Waals surface area contributed by atoms with Gasteiger partial charge in [0.1, 0.15) is 5.75 Å². The zero-order valence-corrected chi connectivity index (χ0v) is 15.5. The van der Waals surface area contributed by atoms with E-state index in [0.717, 1.165) is 11.3 Å². The van der Waals surface area contributed by atoms with E-state index in [0.29, 0.717) is 41.3 Å². The van der Waals surface area contributed by atoms with Crippen LogP contribution in [-0.4, -0.2) is 36.4 Å². The molecule has 0 radical (unpaired) electrons. The quantitative estimate of drug-likeness (QED) is 0.667. The van der Waals surface area contributed by atoms with Gasteiger partial charge in [-0.05, 0) is 50.2 Å². The highest BCUT2D eigenvalue weighted by Gasteiger charge is 2.17. The minimum absolute atomic E-state index is 0.162. The van der Waals surface area contributed by atoms with E-state index in [2.05, 4.69) is 4.98 Å². The molecule has 6 nitrogen and oxygen atoms in total. The summed E-state index contributed by atoms with van der Waals surface area (Å²) in [5.41, 5.74) is 2.06. The van der Waals surface area contributed by atoms with Crippen molar-refractivity contribution in [1.82, 2.24) is 4.98 Å². The van der Waals surface area contributed by atoms with Gasteiger partial charge in [-0.2, -0.15) is 0 Å². The summed E-state index contributed by atoms with van der Waals surface area (Å²) in [6.07, 6.45) is 0. The molecule has 0 amide bonds. The molecule has 0 saturated heterocycles. The molecule has 27 heavy (non-hydrogen) atoms. The molecule has 140 valence electrons. The minimum Gasteiger partial charge on any atom is -0.497 e. The van der Waals surface area contributed by atoms with Crippen molar-refractivity contribution in [2.75, 3.05) is 20.3 Å². The van der Waals surface area contributed by atoms with Crippen molar-refractivity contribution in [3.63, 3.8) is 0 Å². The Hall–Kier alpha value is -3.28. The second kappa shape index (κ2) is 7.95. The molecule has 1 N–H and O–H groups in total. The summed E-state index contributed by atoms with van der Waals surface area (Å²) in [5.74, 6) is 0.748. The normalized spacial score (nSPS) is 10.6. The number of nitrogens with zero attached hydrogens (tertiary/aromatic N) is 1. The van der Waals surface area contributed by atoms with E-state index in [1.165, 1.54) is 0 Å². The van der Waals surface area contributed by atoms with Gasteiger partial charge in [0.25, 0.3) is 0 Å². The lowest BCUT2D eigenvalue weighted by molar-refractivity contribution is 0.0699. The number of methoxy groups -OCH3 is 1. The molecular formula is C21H21NO5. The first kappa shape index (κ1) is 18.5. The predicted octanol–water partition coefficient (Wildman–Crippen LogP) is 4.41. The van der Waals surface area contributed by atoms with Gasteiger partial charge < -0.3 is 19.3 Å². The van der Waals surface area contributed by atoms with E-state index < -0.39 is 5.97 Å². The molecule has 3 rings (SSSR count). The molecule has 6 heteroatoms. The maximum atomic E-state index is 11.9. The van der Waals surface area contributed by atoms with Crippen LogP contribution in [0.25, 0.3) is 22.2 Å². The van der Waals surface area contributed by atoms with Gasteiger partial charge in [-0.15, -0.1) is 0 Å². The SMILES string of the molecule is CCOc1cc2nc(-c3ccc(OC)cc3)cc(C(=O)O)c2cc1OCC. The first-order chi connectivity index (χ1) is 13.1. The lowest BCUT2D eigenvalue weighted by atomic mass is 10.0. The van der Waals surface area contributed by atoms with Crippen molar-refractivity contribution in [2.45, 2.75) is 13.8 Å². The van der Waals surface area contributed by atoms with Gasteiger partial charge in [0.2, 0.25) is 0 Å². The van der Waals surface area contributed by atoms with Crippen LogP contribution in [0.15, 0.2) is 42.5 Å². The van der Waals surface area contributed by atoms with Crippen LogP contribution >= 0.6 is 0 Å². The first-order valence-electron chi connectivity index (χ1n) is 8.69. The largest absolute Gasteiger partial charge is 0.497 e. The fraction of sp³-hybridized carbons (Fsp3) is 0.238. The number of aromatic nitrogens is 1. The summed E-state index contributed by atoms with van der Waals surface area (Å²) in [6.45, 7) is 4.66. The third-order valence-corrected chi connectivity index (χ3v) is 4.09. The number of benzene rings is 2. The van der Waals surface area contributed by atoms with Crippen LogP contribution in [0, 0.1) is 0 Å². The molecule has 0 fully saturated rings. The van der Waals surface area contributed by atoms with Crippen LogP contribution in [0.4, 0.5) is 0 Å². The van der Waals surface area contributed by atoms with Crippen LogP contribution in [0.1, 0.15) is 24.2 Å². The van der Waals surface area contributed by atoms with E-state index in [9.17, 15) is 9.90 Å². The zero-order chi connectivity index (χ0) is 19.4. The Kier molecular flexibility index (Phi) is 5.45. The lowest BCUT2D eigenvalue weighted by Gasteiger charge is -2.14. The smallest absolute Gasteiger partial charge is 0.336 e. The average Bonchev–Trinajstić information content (AvgIpc) is 2.68. The number of fused-ring (bicyclic) bond motifs is 1. The van der Waals surface area contributed by atoms with Crippen LogP contribution < -0.4 is 14.2 Å². The van der Waals surface area contributed by atoms with Crippen LogP contribution in [0.5, 0.6) is 17.2 Å². The molecule has 0 spiro atoms. The van der Waals surface area contributed by atoms with Crippen molar-refractivity contribution in [1.29, 1.82) is 0 Å². The molecule has 0 saturated carbocycles. The molecule has 1 aromatic heterocycles. The standard InChI is InChI=1S/C21H21NO5/c1-4-26-19-11-15-16(21(23)24)10-17(13-6-8-14(25-3)9-7-13)22-18(15)12-20(19)27-5-2/h6-12H,4-5H2,1-3H3,(H,23,24). The molecule has 0 aliphatic carbocycles. The van der Waals surface area contributed by atoms with Crippen molar-refractivity contribution >= 4 is 16.9 Å². The second-order valence-electron chi connectivity index (χ2n) is 5.77. The van der Waals surface area contributed by atoms with E-state index in [4.69, 9.17) is 14.2 Å². The molecule has 0 atom stereocenters. The number of hydrogen-bond donors (Lipinski definition) is 1. The Labute approximate surface area is 157 Å². The highest BCUT2D eigenvalue weighted by molar-refractivity contribution is 6.04. The highest BCUT2D eigenvalue weighted by atomic mass is 16.5. The molecule has 0 bridgehead atoms. The first-order valence-corrected chi connectivity index (χ1v) is 8.69. The van der Waals surface area contributed by atoms with E-state index in [1.54, 1.807) is 25.3 Å². The van der Waals surface area contributed by atoms with Gasteiger partial charge in [-0.25, -0.2) is 9.78 Å². The zero-order valence-electron chi connectivity index (χ0n) is 15.5. The van der Waals surface area contributed by atoms with Crippen molar-refractivity contribution in [3.8, 4) is 28.5 Å². The van der Waals surface area contributed by atoms with Gasteiger partial charge in [0.05, 0.1) is 37.1 Å². The predicted molar refractivity (Wildman–Crippen MR) is 103 cm³/mol. The van der Waals surface area contributed by atoms with Crippen molar-refractivity contribution in [3.05, 3.63) is 48.0 Å². The van der Waals surface area contributed by atoms with Gasteiger partial charge >= 0.3 is 5.97 Å². The van der Waals surface area contributed by atoms with Gasteiger partial charge in [0, 0.05) is 17.0 Å². The van der Waals surface area contributed by atoms with E-state index in [-0.39, 0.29) is 5.56 Å². The molecule has 0 aliphatic heterocycles. The third-order valence-electron chi connectivity index (χ3n) is 4.09. The van der Waals surface area contributed by atoms with Crippen molar-refractivity contribution < 1.29 is 24.1 Å². The van der Waals surface area contributed by atoms with Gasteiger partial charge in [0.15, 0.2) is 11.5 Å². The Morgan fingerprint density at radius 3 is 2.19 bits per heavy atom. The Bertz CT molecular complexity index is 966. The number of carbonyl (C=O) groups is 1. The number of carboxylic acid groups (broad SMARTS) is 1. The average molecular weight is 367 g/mol. The minimum atomic E-state index is -1.02. The molecule has 2 aromatic carbocycles. The highest BCUT2D eigenvalue weighted by Crippen LogP contribution is 2.35. The number of hydrogen-bond acceptors (Lipinski definition) is 5. The monoisotopic (exact) mass is 367 g/mol. The van der Waals surface area contributed by atoms with Crippen molar-refractivity contribution in [2.24, 2.45) is 0 Å². The molecular weight excluding hydrogens is 346 g/mol. The van der Waals surface area contributed by atoms with E-state index in [1.807, 2.05) is 38.1 Å². The number of ether oxygens (including phenoxy) is 3. The van der Waals surface area contributed by atoms with E-state index >= 15 is 0 Å². The maximum Gasteiger partial charge on any atom is 0.336 e. The second-order valence-corrected chi connectivity index (χ2v) is 5.77. The summed E-state index contributed by atoms with van der Waals surface area (Å²) in [5, 5.41) is 10.2. The Morgan fingerprint density at radius 2 is 1.63 bits per heavy atom. The maximum absolute atomic E-state index is 11.9. The molecule has 3 aromatic rings. The van der Waals surface area contributed by atoms with Crippen LogP contribution in [0.3, 0.4) is 0 Å². The Balaban J connectivity index is 2.22. The lowest BCUT2D eigenvalue weighted by Crippen LogP contribution is -2.03. The van der Waals surface area contributed by atoms with Crippen LogP contribution in [-0.2, 0) is 0 Å². The Morgan fingerprint density at radius 1 is 1.00 bits per heavy atom. The number of rotatable bonds is 7. The number of pyridine rings is 1. The number of aromatic carboxylic acids is 1. The van der Waals surface area contributed by atoms with Gasteiger partial charge in [-0.3, -0.25) is 0 Å². The van der Waals surface area contributed by atoms with Gasteiger partial charge in [-0.1, -0.05) is 0 Å². The fourth-order valence-corrected chi connectivity index (χ4v) is 2.86.